The van der Waals surface area contributed by atoms with Crippen LogP contribution in [0.2, 0.25) is 18.1 Å². The number of hydrogen-bond acceptors (Lipinski definition) is 3. The molecule has 2 aliphatic carbocycles. The van der Waals surface area contributed by atoms with Crippen LogP contribution in [0.5, 0.6) is 0 Å². The molecule has 0 heterocycles. The highest BCUT2D eigenvalue weighted by atomic mass is 28.4. The summed E-state index contributed by atoms with van der Waals surface area (Å²) in [5.74, 6) is 0.112. The van der Waals surface area contributed by atoms with E-state index in [0.717, 1.165) is 25.7 Å². The fraction of sp³-hybridized carbons (Fsp3) is 0.609. The maximum Gasteiger partial charge on any atom is 0.315 e. The Morgan fingerprint density at radius 3 is 2.41 bits per heavy atom. The van der Waals surface area contributed by atoms with Crippen LogP contribution in [0.15, 0.2) is 36.4 Å². The quantitative estimate of drug-likeness (QED) is 0.483. The second kappa shape index (κ2) is 7.21. The summed E-state index contributed by atoms with van der Waals surface area (Å²) in [7, 11) is -0.441. The molecule has 0 aromatic heterocycles. The normalized spacial score (nSPS) is 28.4. The van der Waals surface area contributed by atoms with Crippen molar-refractivity contribution in [1.82, 2.24) is 0 Å². The van der Waals surface area contributed by atoms with Crippen molar-refractivity contribution in [3.05, 3.63) is 42.0 Å². The Hall–Kier alpha value is -1.39. The molecule has 1 aromatic carbocycles. The zero-order valence-electron chi connectivity index (χ0n) is 17.7. The zero-order valence-corrected chi connectivity index (χ0v) is 18.7. The topological polar surface area (TPSA) is 35.5 Å². The fourth-order valence-corrected chi connectivity index (χ4v) is 5.89. The zero-order chi connectivity index (χ0) is 19.9. The van der Waals surface area contributed by atoms with Crippen LogP contribution >= 0.6 is 0 Å². The molecule has 3 rings (SSSR count). The van der Waals surface area contributed by atoms with Crippen LogP contribution < -0.4 is 0 Å². The predicted molar refractivity (Wildman–Crippen MR) is 113 cm³/mol. The maximum atomic E-state index is 13.0. The van der Waals surface area contributed by atoms with Crippen LogP contribution in [0.25, 0.3) is 5.57 Å². The van der Waals surface area contributed by atoms with Gasteiger partial charge in [-0.15, -0.1) is 0 Å². The number of allylic oxidation sites excluding steroid dienone is 2. The van der Waals surface area contributed by atoms with Gasteiger partial charge in [0.2, 0.25) is 0 Å². The number of carbonyl (C=O) groups is 1. The first-order chi connectivity index (χ1) is 12.6. The molecule has 148 valence electrons. The van der Waals surface area contributed by atoms with Gasteiger partial charge in [-0.2, -0.15) is 0 Å². The highest BCUT2D eigenvalue weighted by molar-refractivity contribution is 6.74. The van der Waals surface area contributed by atoms with Gasteiger partial charge in [-0.25, -0.2) is 0 Å². The Labute approximate surface area is 165 Å². The molecular formula is C23H34O3Si. The number of esters is 1. The lowest BCUT2D eigenvalue weighted by atomic mass is 9.67. The van der Waals surface area contributed by atoms with Gasteiger partial charge >= 0.3 is 5.97 Å². The van der Waals surface area contributed by atoms with E-state index in [9.17, 15) is 4.79 Å². The largest absolute Gasteiger partial charge is 0.469 e. The molecule has 3 atom stereocenters. The molecule has 27 heavy (non-hydrogen) atoms. The van der Waals surface area contributed by atoms with Gasteiger partial charge in [-0.3, -0.25) is 4.79 Å². The Kier molecular flexibility index (Phi) is 5.43. The minimum absolute atomic E-state index is 0.0376. The summed E-state index contributed by atoms with van der Waals surface area (Å²) in [5, 5.41) is 0.127. The molecule has 0 amide bonds. The molecule has 0 radical (unpaired) electrons. The van der Waals surface area contributed by atoms with Gasteiger partial charge in [0.1, 0.15) is 0 Å². The third kappa shape index (κ3) is 3.54. The molecule has 0 saturated heterocycles. The fourth-order valence-electron chi connectivity index (χ4n) is 4.50. The first-order valence-electron chi connectivity index (χ1n) is 10.1. The van der Waals surface area contributed by atoms with E-state index in [1.54, 1.807) is 0 Å². The molecule has 0 unspecified atom stereocenters. The van der Waals surface area contributed by atoms with Crippen LogP contribution in [0.4, 0.5) is 0 Å². The van der Waals surface area contributed by atoms with Crippen molar-refractivity contribution in [1.29, 1.82) is 0 Å². The molecule has 2 aliphatic rings. The van der Waals surface area contributed by atoms with Crippen molar-refractivity contribution in [2.24, 2.45) is 11.3 Å². The Balaban J connectivity index is 1.94. The monoisotopic (exact) mass is 386 g/mol. The van der Waals surface area contributed by atoms with Crippen molar-refractivity contribution in [2.75, 3.05) is 7.11 Å². The second-order valence-corrected chi connectivity index (χ2v) is 14.4. The smallest absolute Gasteiger partial charge is 0.315 e. The van der Waals surface area contributed by atoms with Crippen LogP contribution in [0.1, 0.15) is 52.0 Å². The van der Waals surface area contributed by atoms with Crippen LogP contribution in [0.3, 0.4) is 0 Å². The third-order valence-electron chi connectivity index (χ3n) is 7.14. The summed E-state index contributed by atoms with van der Waals surface area (Å²) >= 11 is 0. The van der Waals surface area contributed by atoms with Gasteiger partial charge < -0.3 is 9.16 Å². The summed E-state index contributed by atoms with van der Waals surface area (Å²) in [6.45, 7) is 11.3. The van der Waals surface area contributed by atoms with Crippen molar-refractivity contribution >= 4 is 19.9 Å². The summed E-state index contributed by atoms with van der Waals surface area (Å²) in [4.78, 5) is 13.0. The van der Waals surface area contributed by atoms with Gasteiger partial charge in [0, 0.05) is 0 Å². The SMILES string of the molecule is COC(=O)[C@]12CCC(c3ccccc3)=C[C@H]1CC[C@H]2O[Si](C)(C)C(C)(C)C. The van der Waals surface area contributed by atoms with E-state index in [-0.39, 0.29) is 23.0 Å². The molecule has 1 saturated carbocycles. The lowest BCUT2D eigenvalue weighted by Crippen LogP contribution is -2.52. The Morgan fingerprint density at radius 1 is 1.15 bits per heavy atom. The Morgan fingerprint density at radius 2 is 1.81 bits per heavy atom. The number of fused-ring (bicyclic) bond motifs is 1. The summed E-state index contributed by atoms with van der Waals surface area (Å²) < 4.78 is 12.1. The molecule has 0 spiro atoms. The van der Waals surface area contributed by atoms with Crippen LogP contribution in [-0.4, -0.2) is 27.5 Å². The lowest BCUT2D eigenvalue weighted by molar-refractivity contribution is -0.161. The molecule has 4 heteroatoms. The van der Waals surface area contributed by atoms with E-state index in [1.165, 1.54) is 18.2 Å². The lowest BCUT2D eigenvalue weighted by Gasteiger charge is -2.45. The number of rotatable bonds is 4. The van der Waals surface area contributed by atoms with E-state index < -0.39 is 13.7 Å². The summed E-state index contributed by atoms with van der Waals surface area (Å²) in [5.41, 5.74) is 2.10. The number of carbonyl (C=O) groups excluding carboxylic acids is 1. The van der Waals surface area contributed by atoms with Crippen molar-refractivity contribution in [3.63, 3.8) is 0 Å². The van der Waals surface area contributed by atoms with E-state index in [4.69, 9.17) is 9.16 Å². The van der Waals surface area contributed by atoms with E-state index in [2.05, 4.69) is 64.2 Å². The molecule has 3 nitrogen and oxygen atoms in total. The summed E-state index contributed by atoms with van der Waals surface area (Å²) in [6.07, 6.45) is 5.93. The van der Waals surface area contributed by atoms with Crippen LogP contribution in [0, 0.1) is 11.3 Å². The van der Waals surface area contributed by atoms with Crippen molar-refractivity contribution < 1.29 is 14.0 Å². The molecule has 1 fully saturated rings. The van der Waals surface area contributed by atoms with Gasteiger partial charge in [-0.05, 0) is 60.9 Å². The van der Waals surface area contributed by atoms with Crippen molar-refractivity contribution in [3.8, 4) is 0 Å². The van der Waals surface area contributed by atoms with Crippen LogP contribution in [-0.2, 0) is 14.0 Å². The molecule has 0 bridgehead atoms. The average Bonchev–Trinajstić information content (AvgIpc) is 2.99. The standard InChI is InChI=1S/C23H34O3Si/c1-22(2,3)27(5,6)26-20-13-12-19-16-18(17-10-8-7-9-11-17)14-15-23(19,20)21(24)25-4/h7-11,16,19-20H,12-15H2,1-6H3/t19-,20-,23-/m1/s1. The van der Waals surface area contributed by atoms with Crippen molar-refractivity contribution in [2.45, 2.75) is 70.7 Å². The number of ether oxygens (including phenoxy) is 1. The Bertz CT molecular complexity index is 717. The van der Waals surface area contributed by atoms with E-state index in [0.29, 0.717) is 0 Å². The molecule has 0 N–H and O–H groups in total. The number of benzene rings is 1. The molecular weight excluding hydrogens is 352 g/mol. The first-order valence-corrected chi connectivity index (χ1v) is 13.0. The first kappa shape index (κ1) is 20.3. The minimum Gasteiger partial charge on any atom is -0.469 e. The van der Waals surface area contributed by atoms with Gasteiger partial charge in [0.05, 0.1) is 18.6 Å². The molecule has 0 aliphatic heterocycles. The third-order valence-corrected chi connectivity index (χ3v) is 11.6. The predicted octanol–water partition coefficient (Wildman–Crippen LogP) is 5.82. The van der Waals surface area contributed by atoms with E-state index >= 15 is 0 Å². The molecule has 1 aromatic rings. The second-order valence-electron chi connectivity index (χ2n) is 9.64. The number of methoxy groups -OCH3 is 1. The minimum atomic E-state index is -1.96. The van der Waals surface area contributed by atoms with Gasteiger partial charge in [0.25, 0.3) is 0 Å². The van der Waals surface area contributed by atoms with Gasteiger partial charge in [0.15, 0.2) is 8.32 Å². The highest BCUT2D eigenvalue weighted by Crippen LogP contribution is 2.56. The average molecular weight is 387 g/mol. The van der Waals surface area contributed by atoms with Gasteiger partial charge in [-0.1, -0.05) is 57.2 Å². The van der Waals surface area contributed by atoms with E-state index in [1.807, 2.05) is 6.07 Å². The number of hydrogen-bond donors (Lipinski definition) is 0. The summed E-state index contributed by atoms with van der Waals surface area (Å²) in [6, 6.07) is 10.5. The maximum absolute atomic E-state index is 13.0. The highest BCUT2D eigenvalue weighted by Gasteiger charge is 2.59.